The van der Waals surface area contributed by atoms with E-state index in [1.165, 1.54) is 11.1 Å². The zero-order chi connectivity index (χ0) is 14.7. The molecule has 1 N–H and O–H groups in total. The van der Waals surface area contributed by atoms with Crippen LogP contribution in [0, 0.1) is 0 Å². The van der Waals surface area contributed by atoms with Crippen molar-refractivity contribution in [2.24, 2.45) is 0 Å². The quantitative estimate of drug-likeness (QED) is 0.853. The molecule has 2 aromatic rings. The van der Waals surface area contributed by atoms with Crippen LogP contribution in [-0.2, 0) is 19.6 Å². The van der Waals surface area contributed by atoms with Gasteiger partial charge in [-0.2, -0.15) is 0 Å². The number of pyridine rings is 1. The van der Waals surface area contributed by atoms with E-state index in [0.717, 1.165) is 49.1 Å². The second-order valence-electron chi connectivity index (χ2n) is 5.40. The van der Waals surface area contributed by atoms with E-state index < -0.39 is 0 Å². The molecule has 0 atom stereocenters. The summed E-state index contributed by atoms with van der Waals surface area (Å²) in [5.41, 5.74) is 3.71. The molecule has 3 rings (SSSR count). The third kappa shape index (κ3) is 3.20. The van der Waals surface area contributed by atoms with Gasteiger partial charge in [0.1, 0.15) is 5.82 Å². The zero-order valence-electron chi connectivity index (χ0n) is 12.3. The molecule has 0 saturated heterocycles. The minimum absolute atomic E-state index is 0.724. The van der Waals surface area contributed by atoms with Gasteiger partial charge in [0.2, 0.25) is 0 Å². The molecule has 2 heterocycles. The van der Waals surface area contributed by atoms with E-state index in [1.807, 2.05) is 12.1 Å². The predicted octanol–water partition coefficient (Wildman–Crippen LogP) is 3.75. The Morgan fingerprint density at radius 1 is 1.14 bits per heavy atom. The first-order valence-electron chi connectivity index (χ1n) is 7.46. The summed E-state index contributed by atoms with van der Waals surface area (Å²) in [5, 5.41) is 4.10. The molecule has 3 nitrogen and oxygen atoms in total. The van der Waals surface area contributed by atoms with Crippen LogP contribution in [0.2, 0.25) is 5.02 Å². The third-order valence-corrected chi connectivity index (χ3v) is 4.13. The number of fused-ring (bicyclic) bond motifs is 1. The second-order valence-corrected chi connectivity index (χ2v) is 5.81. The van der Waals surface area contributed by atoms with Crippen molar-refractivity contribution in [2.75, 3.05) is 11.4 Å². The van der Waals surface area contributed by atoms with Crippen molar-refractivity contribution in [3.8, 4) is 0 Å². The van der Waals surface area contributed by atoms with Gasteiger partial charge < -0.3 is 10.2 Å². The van der Waals surface area contributed by atoms with Crippen molar-refractivity contribution in [2.45, 2.75) is 33.0 Å². The number of halogens is 1. The SMILES string of the molecule is CCCNCc1nc(N2Cc3ccccc3C2)ccc1Cl. The Kier molecular flexibility index (Phi) is 4.42. The lowest BCUT2D eigenvalue weighted by Crippen LogP contribution is -2.19. The Morgan fingerprint density at radius 2 is 1.86 bits per heavy atom. The van der Waals surface area contributed by atoms with Crippen LogP contribution in [0.5, 0.6) is 0 Å². The molecule has 0 fully saturated rings. The Bertz CT molecular complexity index is 602. The van der Waals surface area contributed by atoms with Crippen molar-refractivity contribution in [1.82, 2.24) is 10.3 Å². The van der Waals surface area contributed by atoms with Crippen LogP contribution in [0.1, 0.15) is 30.2 Å². The zero-order valence-corrected chi connectivity index (χ0v) is 13.0. The summed E-state index contributed by atoms with van der Waals surface area (Å²) in [7, 11) is 0. The number of hydrogen-bond acceptors (Lipinski definition) is 3. The van der Waals surface area contributed by atoms with Gasteiger partial charge >= 0.3 is 0 Å². The maximum atomic E-state index is 6.25. The fourth-order valence-corrected chi connectivity index (χ4v) is 2.82. The molecular formula is C17H20ClN3. The Balaban J connectivity index is 1.76. The summed E-state index contributed by atoms with van der Waals surface area (Å²) >= 11 is 6.25. The van der Waals surface area contributed by atoms with Gasteiger partial charge in [-0.25, -0.2) is 4.98 Å². The molecule has 0 unspecified atom stereocenters. The molecule has 1 aromatic carbocycles. The highest BCUT2D eigenvalue weighted by molar-refractivity contribution is 6.31. The van der Waals surface area contributed by atoms with Crippen molar-refractivity contribution < 1.29 is 0 Å². The molecule has 1 aliphatic rings. The smallest absolute Gasteiger partial charge is 0.129 e. The summed E-state index contributed by atoms with van der Waals surface area (Å²) in [6.45, 7) is 5.71. The lowest BCUT2D eigenvalue weighted by atomic mass is 10.1. The van der Waals surface area contributed by atoms with E-state index >= 15 is 0 Å². The van der Waals surface area contributed by atoms with E-state index in [2.05, 4.69) is 41.4 Å². The summed E-state index contributed by atoms with van der Waals surface area (Å²) in [4.78, 5) is 7.04. The van der Waals surface area contributed by atoms with Crippen LogP contribution in [0.3, 0.4) is 0 Å². The largest absolute Gasteiger partial charge is 0.348 e. The summed E-state index contributed by atoms with van der Waals surface area (Å²) in [6, 6.07) is 12.5. The predicted molar refractivity (Wildman–Crippen MR) is 87.6 cm³/mol. The number of hydrogen-bond donors (Lipinski definition) is 1. The van der Waals surface area contributed by atoms with Gasteiger partial charge in [-0.15, -0.1) is 0 Å². The second kappa shape index (κ2) is 6.46. The number of nitrogens with one attached hydrogen (secondary N) is 1. The van der Waals surface area contributed by atoms with E-state index in [-0.39, 0.29) is 0 Å². The standard InChI is InChI=1S/C17H20ClN3/c1-2-9-19-10-16-15(18)7-8-17(20-16)21-11-13-5-3-4-6-14(13)12-21/h3-8,19H,2,9-12H2,1H3. The number of aromatic nitrogens is 1. The maximum Gasteiger partial charge on any atom is 0.129 e. The number of rotatable bonds is 5. The fourth-order valence-electron chi connectivity index (χ4n) is 2.65. The van der Waals surface area contributed by atoms with E-state index in [0.29, 0.717) is 0 Å². The molecule has 0 spiro atoms. The van der Waals surface area contributed by atoms with Crippen LogP contribution in [0.4, 0.5) is 5.82 Å². The van der Waals surface area contributed by atoms with E-state index in [4.69, 9.17) is 16.6 Å². The molecule has 1 aromatic heterocycles. The van der Waals surface area contributed by atoms with E-state index in [9.17, 15) is 0 Å². The van der Waals surface area contributed by atoms with Crippen LogP contribution in [0.25, 0.3) is 0 Å². The Morgan fingerprint density at radius 3 is 2.52 bits per heavy atom. The van der Waals surface area contributed by atoms with Gasteiger partial charge in [-0.1, -0.05) is 42.8 Å². The lowest BCUT2D eigenvalue weighted by molar-refractivity contribution is 0.663. The van der Waals surface area contributed by atoms with Crippen LogP contribution >= 0.6 is 11.6 Å². The molecule has 1 aliphatic heterocycles. The van der Waals surface area contributed by atoms with Crippen molar-refractivity contribution in [3.63, 3.8) is 0 Å². The number of nitrogens with zero attached hydrogens (tertiary/aromatic N) is 2. The van der Waals surface area contributed by atoms with Crippen LogP contribution < -0.4 is 10.2 Å². The van der Waals surface area contributed by atoms with Gasteiger partial charge in [0.05, 0.1) is 10.7 Å². The lowest BCUT2D eigenvalue weighted by Gasteiger charge is -2.18. The first kappa shape index (κ1) is 14.4. The van der Waals surface area contributed by atoms with Gasteiger partial charge in [-0.05, 0) is 36.2 Å². The average molecular weight is 302 g/mol. The molecule has 110 valence electrons. The van der Waals surface area contributed by atoms with E-state index in [1.54, 1.807) is 0 Å². The number of benzene rings is 1. The van der Waals surface area contributed by atoms with Gasteiger partial charge in [-0.3, -0.25) is 0 Å². The molecule has 0 radical (unpaired) electrons. The molecule has 21 heavy (non-hydrogen) atoms. The summed E-state index contributed by atoms with van der Waals surface area (Å²) in [5.74, 6) is 1.00. The highest BCUT2D eigenvalue weighted by atomic mass is 35.5. The van der Waals surface area contributed by atoms with Gasteiger partial charge in [0.15, 0.2) is 0 Å². The molecule has 0 aliphatic carbocycles. The normalized spacial score (nSPS) is 13.5. The first-order valence-corrected chi connectivity index (χ1v) is 7.83. The van der Waals surface area contributed by atoms with Crippen LogP contribution in [-0.4, -0.2) is 11.5 Å². The first-order chi connectivity index (χ1) is 10.3. The monoisotopic (exact) mass is 301 g/mol. The highest BCUT2D eigenvalue weighted by Gasteiger charge is 2.20. The molecule has 0 bridgehead atoms. The van der Waals surface area contributed by atoms with Gasteiger partial charge in [0, 0.05) is 19.6 Å². The highest BCUT2D eigenvalue weighted by Crippen LogP contribution is 2.28. The fraction of sp³-hybridized carbons (Fsp3) is 0.353. The third-order valence-electron chi connectivity index (χ3n) is 3.79. The van der Waals surface area contributed by atoms with Crippen molar-refractivity contribution in [1.29, 1.82) is 0 Å². The van der Waals surface area contributed by atoms with Crippen molar-refractivity contribution in [3.05, 3.63) is 58.2 Å². The molecule has 4 heteroatoms. The minimum Gasteiger partial charge on any atom is -0.348 e. The summed E-state index contributed by atoms with van der Waals surface area (Å²) in [6.07, 6.45) is 1.11. The Hall–Kier alpha value is -1.58. The number of anilines is 1. The van der Waals surface area contributed by atoms with Gasteiger partial charge in [0.25, 0.3) is 0 Å². The summed E-state index contributed by atoms with van der Waals surface area (Å²) < 4.78 is 0. The van der Waals surface area contributed by atoms with Crippen molar-refractivity contribution >= 4 is 17.4 Å². The Labute approximate surface area is 131 Å². The molecular weight excluding hydrogens is 282 g/mol. The van der Waals surface area contributed by atoms with Crippen LogP contribution in [0.15, 0.2) is 36.4 Å². The topological polar surface area (TPSA) is 28.2 Å². The molecule has 0 saturated carbocycles. The molecule has 0 amide bonds. The average Bonchev–Trinajstić information content (AvgIpc) is 2.93. The maximum absolute atomic E-state index is 6.25. The minimum atomic E-state index is 0.724.